The van der Waals surface area contributed by atoms with Gasteiger partial charge in [0.1, 0.15) is 17.3 Å². The van der Waals surface area contributed by atoms with Gasteiger partial charge in [-0.1, -0.05) is 24.3 Å². The molecule has 226 valence electrons. The molecule has 4 aromatic carbocycles. The number of anilines is 3. The lowest BCUT2D eigenvalue weighted by Gasteiger charge is -2.31. The second kappa shape index (κ2) is 11.4. The normalized spacial score (nSPS) is 13.5. The molecule has 2 aliphatic rings. The molecule has 3 N–H and O–H groups in total. The van der Waals surface area contributed by atoms with Crippen molar-refractivity contribution in [1.82, 2.24) is 4.98 Å². The molecule has 5 aromatic rings. The minimum absolute atomic E-state index is 0.0633. The average Bonchev–Trinajstić information content (AvgIpc) is 3.08. The quantitative estimate of drug-likeness (QED) is 0.165. The van der Waals surface area contributed by atoms with Gasteiger partial charge in [-0.15, -0.1) is 0 Å². The SMILES string of the molecule is [C-]#[N+]c1c(N2CCOCC2)nc2ccc(Nc3ccc(Oc4cc(C(=O)O)cc(C(=O)O)c4)cc3)c3c2c1-c1ccccc1C3=O. The molecular formula is C35H24N4O7. The summed E-state index contributed by atoms with van der Waals surface area (Å²) in [5.41, 5.74) is 4.06. The molecule has 2 heterocycles. The highest BCUT2D eigenvalue weighted by Gasteiger charge is 2.33. The standard InChI is InChI=1S/C35H24N4O7/c1-36-31-28-24-4-2-3-5-25(24)32(40)30-27(11-10-26(29(28)30)38-33(31)39-12-14-45-15-13-39)37-21-6-8-22(9-7-21)46-23-17-19(34(41)42)16-20(18-23)35(43)44/h2-11,16-18,37H,12-15H2,(H,41,42)(H,43,44). The molecule has 1 aliphatic heterocycles. The smallest absolute Gasteiger partial charge is 0.335 e. The first-order valence-corrected chi connectivity index (χ1v) is 14.3. The number of fused-ring (bicyclic) bond motifs is 2. The number of rotatable bonds is 7. The maximum absolute atomic E-state index is 14.0. The number of aromatic nitrogens is 1. The Kier molecular flexibility index (Phi) is 7.04. The van der Waals surface area contributed by atoms with E-state index >= 15 is 0 Å². The van der Waals surface area contributed by atoms with Gasteiger partial charge in [0.25, 0.3) is 0 Å². The zero-order valence-electron chi connectivity index (χ0n) is 24.1. The number of benzene rings is 4. The Hall–Kier alpha value is -6.25. The van der Waals surface area contributed by atoms with Crippen LogP contribution in [0.2, 0.25) is 0 Å². The van der Waals surface area contributed by atoms with Crippen molar-refractivity contribution in [1.29, 1.82) is 0 Å². The first kappa shape index (κ1) is 28.5. The summed E-state index contributed by atoms with van der Waals surface area (Å²) in [4.78, 5) is 47.9. The van der Waals surface area contributed by atoms with Crippen molar-refractivity contribution in [2.24, 2.45) is 0 Å². The highest BCUT2D eigenvalue weighted by atomic mass is 16.5. The Bertz CT molecular complexity index is 2100. The number of aromatic carboxylic acids is 2. The van der Waals surface area contributed by atoms with E-state index in [4.69, 9.17) is 21.0 Å². The highest BCUT2D eigenvalue weighted by Crippen LogP contribution is 2.50. The van der Waals surface area contributed by atoms with E-state index in [2.05, 4.69) is 15.1 Å². The summed E-state index contributed by atoms with van der Waals surface area (Å²) < 4.78 is 11.3. The van der Waals surface area contributed by atoms with E-state index < -0.39 is 11.9 Å². The molecule has 0 spiro atoms. The van der Waals surface area contributed by atoms with Gasteiger partial charge in [-0.3, -0.25) is 4.79 Å². The summed E-state index contributed by atoms with van der Waals surface area (Å²) in [5, 5.41) is 22.7. The van der Waals surface area contributed by atoms with Crippen LogP contribution in [0.25, 0.3) is 26.9 Å². The van der Waals surface area contributed by atoms with Crippen molar-refractivity contribution in [2.75, 3.05) is 36.5 Å². The number of ether oxygens (including phenoxy) is 2. The van der Waals surface area contributed by atoms with E-state index in [1.807, 2.05) is 18.2 Å². The van der Waals surface area contributed by atoms with Crippen molar-refractivity contribution in [2.45, 2.75) is 0 Å². The summed E-state index contributed by atoms with van der Waals surface area (Å²) in [6, 6.07) is 21.2. The first-order valence-electron chi connectivity index (χ1n) is 14.3. The van der Waals surface area contributed by atoms with Crippen LogP contribution in [-0.4, -0.2) is 59.2 Å². The Morgan fingerprint density at radius 1 is 0.870 bits per heavy atom. The fraction of sp³-hybridized carbons (Fsp3) is 0.114. The summed E-state index contributed by atoms with van der Waals surface area (Å²) >= 11 is 0. The van der Waals surface area contributed by atoms with E-state index in [1.165, 1.54) is 12.1 Å². The molecule has 46 heavy (non-hydrogen) atoms. The van der Waals surface area contributed by atoms with Crippen LogP contribution < -0.4 is 15.0 Å². The predicted octanol–water partition coefficient (Wildman–Crippen LogP) is 6.77. The van der Waals surface area contributed by atoms with E-state index in [9.17, 15) is 24.6 Å². The summed E-state index contributed by atoms with van der Waals surface area (Å²) in [6.07, 6.45) is 0. The lowest BCUT2D eigenvalue weighted by atomic mass is 9.82. The van der Waals surface area contributed by atoms with Crippen molar-refractivity contribution >= 4 is 51.5 Å². The maximum Gasteiger partial charge on any atom is 0.335 e. The van der Waals surface area contributed by atoms with E-state index in [-0.39, 0.29) is 22.7 Å². The lowest BCUT2D eigenvalue weighted by molar-refractivity contribution is 0.0696. The van der Waals surface area contributed by atoms with Gasteiger partial charge in [0.05, 0.1) is 47.7 Å². The topological polar surface area (TPSA) is 143 Å². The fourth-order valence-electron chi connectivity index (χ4n) is 5.88. The largest absolute Gasteiger partial charge is 0.478 e. The minimum Gasteiger partial charge on any atom is -0.478 e. The third kappa shape index (κ3) is 4.92. The third-order valence-electron chi connectivity index (χ3n) is 7.97. The van der Waals surface area contributed by atoms with Crippen molar-refractivity contribution in [3.63, 3.8) is 0 Å². The molecule has 7 rings (SSSR count). The maximum atomic E-state index is 14.0. The molecule has 0 unspecified atom stereocenters. The van der Waals surface area contributed by atoms with Gasteiger partial charge >= 0.3 is 11.9 Å². The summed E-state index contributed by atoms with van der Waals surface area (Å²) in [6.45, 7) is 10.5. The summed E-state index contributed by atoms with van der Waals surface area (Å²) in [5.74, 6) is -1.74. The van der Waals surface area contributed by atoms with Crippen molar-refractivity contribution in [3.8, 4) is 22.6 Å². The molecule has 1 fully saturated rings. The van der Waals surface area contributed by atoms with Crippen LogP contribution in [0.1, 0.15) is 36.6 Å². The second-order valence-corrected chi connectivity index (χ2v) is 10.7. The second-order valence-electron chi connectivity index (χ2n) is 10.7. The zero-order valence-corrected chi connectivity index (χ0v) is 24.1. The van der Waals surface area contributed by atoms with Crippen LogP contribution in [0, 0.1) is 6.57 Å². The fourth-order valence-corrected chi connectivity index (χ4v) is 5.88. The van der Waals surface area contributed by atoms with Crippen LogP contribution in [0.5, 0.6) is 11.5 Å². The third-order valence-corrected chi connectivity index (χ3v) is 7.97. The van der Waals surface area contributed by atoms with Crippen LogP contribution in [0.15, 0.2) is 78.9 Å². The number of nitrogens with zero attached hydrogens (tertiary/aromatic N) is 3. The number of carbonyl (C=O) groups excluding carboxylic acids is 1. The van der Waals surface area contributed by atoms with Gasteiger partial charge in [0.2, 0.25) is 5.69 Å². The molecule has 1 aromatic heterocycles. The molecule has 1 aliphatic carbocycles. The van der Waals surface area contributed by atoms with E-state index in [0.717, 1.165) is 6.07 Å². The molecule has 11 nitrogen and oxygen atoms in total. The number of pyridine rings is 1. The Labute approximate surface area is 262 Å². The molecule has 0 amide bonds. The van der Waals surface area contributed by atoms with E-state index in [0.29, 0.717) is 88.1 Å². The van der Waals surface area contributed by atoms with Crippen LogP contribution >= 0.6 is 0 Å². The average molecular weight is 613 g/mol. The number of carboxylic acid groups (broad SMARTS) is 2. The lowest BCUT2D eigenvalue weighted by Crippen LogP contribution is -2.36. The monoisotopic (exact) mass is 612 g/mol. The van der Waals surface area contributed by atoms with Crippen molar-refractivity contribution < 1.29 is 34.1 Å². The van der Waals surface area contributed by atoms with E-state index in [1.54, 1.807) is 42.5 Å². The number of hydrogen-bond donors (Lipinski definition) is 3. The van der Waals surface area contributed by atoms with Crippen molar-refractivity contribution in [3.05, 3.63) is 113 Å². The van der Waals surface area contributed by atoms with Crippen LogP contribution in [0.3, 0.4) is 0 Å². The number of morpholine rings is 1. The zero-order chi connectivity index (χ0) is 31.9. The Balaban J connectivity index is 1.27. The van der Waals surface area contributed by atoms with Crippen LogP contribution in [0.4, 0.5) is 22.9 Å². The Morgan fingerprint density at radius 2 is 1.54 bits per heavy atom. The van der Waals surface area contributed by atoms with Crippen LogP contribution in [-0.2, 0) is 4.74 Å². The number of nitrogens with one attached hydrogen (secondary N) is 1. The molecule has 0 atom stereocenters. The minimum atomic E-state index is -1.27. The number of carbonyl (C=O) groups is 3. The van der Waals surface area contributed by atoms with Gasteiger partial charge in [0, 0.05) is 35.3 Å². The molecular weight excluding hydrogens is 588 g/mol. The van der Waals surface area contributed by atoms with Gasteiger partial charge < -0.3 is 29.9 Å². The van der Waals surface area contributed by atoms with Gasteiger partial charge in [-0.25, -0.2) is 19.4 Å². The number of ketones is 1. The molecule has 0 bridgehead atoms. The first-order chi connectivity index (χ1) is 22.3. The molecule has 1 saturated heterocycles. The van der Waals surface area contributed by atoms with Gasteiger partial charge in [-0.05, 0) is 60.2 Å². The Morgan fingerprint density at radius 3 is 2.20 bits per heavy atom. The number of carboxylic acids is 2. The summed E-state index contributed by atoms with van der Waals surface area (Å²) in [7, 11) is 0. The highest BCUT2D eigenvalue weighted by molar-refractivity contribution is 6.30. The van der Waals surface area contributed by atoms with Gasteiger partial charge in [0.15, 0.2) is 5.78 Å². The predicted molar refractivity (Wildman–Crippen MR) is 170 cm³/mol. The van der Waals surface area contributed by atoms with Gasteiger partial charge in [-0.2, -0.15) is 0 Å². The molecule has 0 saturated carbocycles. The number of hydrogen-bond acceptors (Lipinski definition) is 8. The molecule has 11 heteroatoms. The molecule has 0 radical (unpaired) electrons.